The summed E-state index contributed by atoms with van der Waals surface area (Å²) in [6.45, 7) is -0.0449. The molecule has 1 spiro atoms. The molecule has 0 unspecified atom stereocenters. The molecular weight excluding hydrogens is 596 g/mol. The number of ether oxygens (including phenoxy) is 4. The quantitative estimate of drug-likeness (QED) is 0.303. The van der Waals surface area contributed by atoms with Crippen LogP contribution in [0.25, 0.3) is 0 Å². The molecule has 4 heterocycles. The van der Waals surface area contributed by atoms with Gasteiger partial charge in [-0.3, -0.25) is 19.3 Å². The zero-order valence-corrected chi connectivity index (χ0v) is 24.6. The smallest absolute Gasteiger partial charge is 0.451 e. The molecule has 2 atom stereocenters. The fourth-order valence-corrected chi connectivity index (χ4v) is 8.59. The molecule has 3 aromatic rings. The first-order valence-electron chi connectivity index (χ1n) is 14.4. The van der Waals surface area contributed by atoms with Crippen LogP contribution in [-0.4, -0.2) is 61.5 Å². The second-order valence-electron chi connectivity index (χ2n) is 11.1. The molecule has 4 aliphatic rings. The van der Waals surface area contributed by atoms with Crippen molar-refractivity contribution in [1.29, 1.82) is 0 Å². The minimum absolute atomic E-state index is 0.0850. The maximum Gasteiger partial charge on any atom is 0.510 e. The van der Waals surface area contributed by atoms with Gasteiger partial charge in [0, 0.05) is 34.0 Å². The number of rotatable bonds is 4. The van der Waals surface area contributed by atoms with Crippen molar-refractivity contribution >= 4 is 23.8 Å². The van der Waals surface area contributed by atoms with Crippen LogP contribution in [-0.2, 0) is 19.0 Å². The molecule has 1 saturated heterocycles. The number of morpholine rings is 1. The van der Waals surface area contributed by atoms with E-state index in [1.807, 2.05) is 29.3 Å². The third-order valence-electron chi connectivity index (χ3n) is 8.77. The van der Waals surface area contributed by atoms with Crippen molar-refractivity contribution in [3.05, 3.63) is 92.9 Å². The van der Waals surface area contributed by atoms with Gasteiger partial charge in [0.1, 0.15) is 6.17 Å². The summed E-state index contributed by atoms with van der Waals surface area (Å²) in [5, 5.41) is 1.88. The van der Waals surface area contributed by atoms with Crippen LogP contribution in [0.15, 0.2) is 58.4 Å². The first-order valence-corrected chi connectivity index (χ1v) is 15.2. The number of hydrogen-bond acceptors (Lipinski definition) is 9. The van der Waals surface area contributed by atoms with Gasteiger partial charge in [0.25, 0.3) is 5.91 Å². The number of carbonyl (C=O) groups excluding carboxylic acids is 2. The molecule has 1 aliphatic carbocycles. The second-order valence-corrected chi connectivity index (χ2v) is 12.5. The van der Waals surface area contributed by atoms with Gasteiger partial charge < -0.3 is 23.8 Å². The monoisotopic (exact) mass is 625 g/mol. The zero-order chi connectivity index (χ0) is 30.6. The Kier molecular flexibility index (Phi) is 7.24. The molecule has 0 N–H and O–H groups in total. The number of amides is 1. The van der Waals surface area contributed by atoms with E-state index in [1.54, 1.807) is 22.7 Å². The predicted molar refractivity (Wildman–Crippen MR) is 154 cm³/mol. The number of methoxy groups -OCH3 is 1. The molecular formula is C31H29F2N3O7S. The van der Waals surface area contributed by atoms with E-state index in [9.17, 15) is 14.4 Å². The lowest BCUT2D eigenvalue weighted by atomic mass is 9.85. The van der Waals surface area contributed by atoms with E-state index in [0.29, 0.717) is 24.0 Å². The van der Waals surface area contributed by atoms with Crippen LogP contribution in [0.5, 0.6) is 5.75 Å². The highest BCUT2D eigenvalue weighted by Crippen LogP contribution is 2.59. The third-order valence-corrected chi connectivity index (χ3v) is 10.4. The van der Waals surface area contributed by atoms with E-state index in [2.05, 4.69) is 4.74 Å². The van der Waals surface area contributed by atoms with Crippen molar-refractivity contribution in [3.8, 4) is 5.75 Å². The lowest BCUT2D eigenvalue weighted by molar-refractivity contribution is -0.0209. The van der Waals surface area contributed by atoms with Crippen LogP contribution in [0.3, 0.4) is 0 Å². The molecule has 230 valence electrons. The Labute approximate surface area is 255 Å². The molecule has 10 nitrogen and oxygen atoms in total. The van der Waals surface area contributed by atoms with Gasteiger partial charge in [-0.15, -0.1) is 11.8 Å². The molecule has 1 saturated carbocycles. The number of aromatic nitrogens is 1. The van der Waals surface area contributed by atoms with Gasteiger partial charge >= 0.3 is 6.16 Å². The van der Waals surface area contributed by atoms with Crippen molar-refractivity contribution in [1.82, 2.24) is 9.58 Å². The van der Waals surface area contributed by atoms with Crippen LogP contribution in [0.2, 0.25) is 0 Å². The molecule has 7 rings (SSSR count). The summed E-state index contributed by atoms with van der Waals surface area (Å²) in [7, 11) is 1.13. The standard InChI is InChI=1S/C31H29F2N3O7S/c1-40-30(39)43-17-42-28-21(37)10-13-35-27(28)29(38)34-14-15-41-16-23(34)36(35)26-18-6-2-3-7-22(18)44-31(11-4-5-12-31)24-19(26)8-9-20(32)25(24)33/h2-3,6-10,13,23,26H,4-5,11-12,14-17H2,1H3/t23-,26-/m1/s1. The van der Waals surface area contributed by atoms with Crippen LogP contribution in [0.4, 0.5) is 13.6 Å². The van der Waals surface area contributed by atoms with E-state index in [1.165, 1.54) is 16.9 Å². The first kappa shape index (κ1) is 28.7. The van der Waals surface area contributed by atoms with Gasteiger partial charge in [-0.05, 0) is 36.1 Å². The van der Waals surface area contributed by atoms with Crippen LogP contribution >= 0.6 is 11.8 Å². The molecule has 2 fully saturated rings. The molecule has 44 heavy (non-hydrogen) atoms. The van der Waals surface area contributed by atoms with Crippen molar-refractivity contribution in [3.63, 3.8) is 0 Å². The molecule has 0 radical (unpaired) electrons. The Hall–Kier alpha value is -4.10. The molecule has 13 heteroatoms. The van der Waals surface area contributed by atoms with E-state index < -0.39 is 52.9 Å². The van der Waals surface area contributed by atoms with Crippen LogP contribution in [0, 0.1) is 11.6 Å². The topological polar surface area (TPSA) is 99.5 Å². The number of nitrogens with zero attached hydrogens (tertiary/aromatic N) is 3. The minimum Gasteiger partial charge on any atom is -0.451 e. The van der Waals surface area contributed by atoms with E-state index >= 15 is 8.78 Å². The Balaban J connectivity index is 1.48. The van der Waals surface area contributed by atoms with Crippen LogP contribution in [0.1, 0.15) is 58.9 Å². The number of benzene rings is 2. The third kappa shape index (κ3) is 4.43. The highest BCUT2D eigenvalue weighted by atomic mass is 32.2. The Morgan fingerprint density at radius 2 is 1.89 bits per heavy atom. The molecule has 3 aliphatic heterocycles. The summed E-state index contributed by atoms with van der Waals surface area (Å²) in [5.74, 6) is -2.58. The van der Waals surface area contributed by atoms with Crippen molar-refractivity contribution in [2.45, 2.75) is 47.5 Å². The Bertz CT molecular complexity index is 1710. The number of carbonyl (C=O) groups is 2. The molecule has 0 bridgehead atoms. The lowest BCUT2D eigenvalue weighted by Crippen LogP contribution is -2.66. The zero-order valence-electron chi connectivity index (χ0n) is 23.8. The summed E-state index contributed by atoms with van der Waals surface area (Å²) in [6.07, 6.45) is 2.94. The van der Waals surface area contributed by atoms with E-state index in [-0.39, 0.29) is 31.2 Å². The summed E-state index contributed by atoms with van der Waals surface area (Å²) in [4.78, 5) is 41.2. The maximum atomic E-state index is 16.2. The predicted octanol–water partition coefficient (Wildman–Crippen LogP) is 4.66. The summed E-state index contributed by atoms with van der Waals surface area (Å²) < 4.78 is 52.9. The average molecular weight is 626 g/mol. The first-order chi connectivity index (χ1) is 21.3. The minimum atomic E-state index is -1.02. The number of fused-ring (bicyclic) bond motifs is 5. The highest BCUT2D eigenvalue weighted by molar-refractivity contribution is 8.00. The Morgan fingerprint density at radius 1 is 1.09 bits per heavy atom. The Morgan fingerprint density at radius 3 is 2.68 bits per heavy atom. The fourth-order valence-electron chi connectivity index (χ4n) is 6.92. The lowest BCUT2D eigenvalue weighted by Gasteiger charge is -2.51. The highest BCUT2D eigenvalue weighted by Gasteiger charge is 2.50. The van der Waals surface area contributed by atoms with E-state index in [4.69, 9.17) is 14.2 Å². The van der Waals surface area contributed by atoms with Crippen molar-refractivity contribution < 1.29 is 37.3 Å². The van der Waals surface area contributed by atoms with Gasteiger partial charge in [0.05, 0.1) is 26.4 Å². The average Bonchev–Trinajstić information content (AvgIpc) is 3.46. The van der Waals surface area contributed by atoms with Crippen molar-refractivity contribution in [2.75, 3.05) is 38.7 Å². The maximum absolute atomic E-state index is 16.2. The largest absolute Gasteiger partial charge is 0.510 e. The second kappa shape index (κ2) is 11.1. The van der Waals surface area contributed by atoms with Gasteiger partial charge in [0.15, 0.2) is 17.3 Å². The van der Waals surface area contributed by atoms with Gasteiger partial charge in [-0.1, -0.05) is 37.1 Å². The summed E-state index contributed by atoms with van der Waals surface area (Å²) in [5.41, 5.74) is 1.06. The molecule has 1 aromatic heterocycles. The van der Waals surface area contributed by atoms with Gasteiger partial charge in [-0.2, -0.15) is 0 Å². The number of pyridine rings is 1. The fraction of sp³-hybridized carbons (Fsp3) is 0.387. The number of hydrogen-bond donors (Lipinski definition) is 0. The van der Waals surface area contributed by atoms with Crippen LogP contribution < -0.4 is 15.2 Å². The summed E-state index contributed by atoms with van der Waals surface area (Å²) in [6, 6.07) is 11.1. The van der Waals surface area contributed by atoms with Gasteiger partial charge in [-0.25, -0.2) is 13.6 Å². The van der Waals surface area contributed by atoms with Gasteiger partial charge in [0.2, 0.25) is 18.0 Å². The van der Waals surface area contributed by atoms with E-state index in [0.717, 1.165) is 36.5 Å². The SMILES string of the molecule is COC(=O)OCOc1c2n(ccc1=O)N([C@@H]1c3ccccc3SC3(CCCC3)c3c1ccc(F)c3F)[C@@H]1COCCN1C2=O. The summed E-state index contributed by atoms with van der Waals surface area (Å²) >= 11 is 1.56. The van der Waals surface area contributed by atoms with Crippen molar-refractivity contribution in [2.24, 2.45) is 0 Å². The normalized spacial score (nSPS) is 21.6. The molecule has 1 amide bonds. The number of thioether (sulfide) groups is 1. The molecule has 2 aromatic carbocycles. The number of halogens is 2.